The Balaban J connectivity index is 1.79. The summed E-state index contributed by atoms with van der Waals surface area (Å²) < 4.78 is 2.61. The van der Waals surface area contributed by atoms with E-state index in [2.05, 4.69) is 15.2 Å². The first-order chi connectivity index (χ1) is 13.5. The van der Waals surface area contributed by atoms with Crippen LogP contribution in [-0.4, -0.2) is 30.8 Å². The standard InChI is InChI=1S/C20H16ClN5O2/c1-12-17(20(28)26(24-12)15-6-4-3-5-7-15)11-22-25-13(2)23-18-10-14(21)8-9-16(18)19(25)27/h3-11,28H,1-2H3/b22-11+. The lowest BCUT2D eigenvalue weighted by molar-refractivity contribution is 0.433. The summed E-state index contributed by atoms with van der Waals surface area (Å²) in [6, 6.07) is 14.2. The van der Waals surface area contributed by atoms with Crippen molar-refractivity contribution >= 4 is 28.7 Å². The maximum Gasteiger partial charge on any atom is 0.282 e. The third-order valence-corrected chi connectivity index (χ3v) is 4.59. The summed E-state index contributed by atoms with van der Waals surface area (Å²) in [6.45, 7) is 3.44. The van der Waals surface area contributed by atoms with Crippen molar-refractivity contribution in [1.29, 1.82) is 0 Å². The van der Waals surface area contributed by atoms with Crippen LogP contribution in [0.4, 0.5) is 0 Å². The fourth-order valence-electron chi connectivity index (χ4n) is 2.94. The number of para-hydroxylation sites is 1. The van der Waals surface area contributed by atoms with E-state index in [1.165, 1.54) is 15.6 Å². The van der Waals surface area contributed by atoms with Crippen LogP contribution in [0.5, 0.6) is 5.88 Å². The van der Waals surface area contributed by atoms with Gasteiger partial charge in [0.1, 0.15) is 5.82 Å². The molecule has 2 heterocycles. The molecule has 0 aliphatic rings. The third-order valence-electron chi connectivity index (χ3n) is 4.36. The van der Waals surface area contributed by atoms with Gasteiger partial charge < -0.3 is 5.11 Å². The second kappa shape index (κ2) is 6.94. The van der Waals surface area contributed by atoms with Gasteiger partial charge in [-0.15, -0.1) is 0 Å². The van der Waals surface area contributed by atoms with Gasteiger partial charge in [-0.2, -0.15) is 14.9 Å². The first-order valence-corrected chi connectivity index (χ1v) is 8.91. The van der Waals surface area contributed by atoms with Gasteiger partial charge in [0.2, 0.25) is 5.88 Å². The Morgan fingerprint density at radius 1 is 1.14 bits per heavy atom. The van der Waals surface area contributed by atoms with Gasteiger partial charge in [0.15, 0.2) is 0 Å². The molecule has 0 atom stereocenters. The maximum atomic E-state index is 12.8. The molecule has 0 unspecified atom stereocenters. The highest BCUT2D eigenvalue weighted by Gasteiger charge is 2.14. The van der Waals surface area contributed by atoms with Gasteiger partial charge >= 0.3 is 0 Å². The van der Waals surface area contributed by atoms with Gasteiger partial charge in [-0.3, -0.25) is 4.79 Å². The summed E-state index contributed by atoms with van der Waals surface area (Å²) >= 11 is 5.98. The number of hydrogen-bond acceptors (Lipinski definition) is 5. The quantitative estimate of drug-likeness (QED) is 0.540. The van der Waals surface area contributed by atoms with Crippen LogP contribution >= 0.6 is 11.6 Å². The van der Waals surface area contributed by atoms with Crippen LogP contribution in [0.25, 0.3) is 16.6 Å². The lowest BCUT2D eigenvalue weighted by Crippen LogP contribution is -2.20. The van der Waals surface area contributed by atoms with Gasteiger partial charge in [0, 0.05) is 5.02 Å². The zero-order valence-electron chi connectivity index (χ0n) is 15.2. The molecule has 2 aromatic heterocycles. The van der Waals surface area contributed by atoms with Crippen molar-refractivity contribution in [2.24, 2.45) is 5.10 Å². The number of aromatic hydroxyl groups is 1. The Kier molecular flexibility index (Phi) is 4.44. The van der Waals surface area contributed by atoms with Crippen molar-refractivity contribution < 1.29 is 5.11 Å². The zero-order chi connectivity index (χ0) is 19.8. The van der Waals surface area contributed by atoms with E-state index in [0.29, 0.717) is 33.0 Å². The molecule has 140 valence electrons. The van der Waals surface area contributed by atoms with Gasteiger partial charge in [-0.25, -0.2) is 9.67 Å². The normalized spacial score (nSPS) is 11.5. The zero-order valence-corrected chi connectivity index (χ0v) is 15.9. The Morgan fingerprint density at radius 2 is 1.89 bits per heavy atom. The molecule has 0 saturated carbocycles. The van der Waals surface area contributed by atoms with Crippen molar-refractivity contribution in [3.63, 3.8) is 0 Å². The van der Waals surface area contributed by atoms with E-state index in [9.17, 15) is 9.90 Å². The van der Waals surface area contributed by atoms with Crippen LogP contribution in [0.15, 0.2) is 58.4 Å². The predicted octanol–water partition coefficient (Wildman–Crippen LogP) is 3.44. The van der Waals surface area contributed by atoms with E-state index < -0.39 is 0 Å². The summed E-state index contributed by atoms with van der Waals surface area (Å²) in [7, 11) is 0. The average molecular weight is 394 g/mol. The van der Waals surface area contributed by atoms with Crippen molar-refractivity contribution in [3.8, 4) is 11.6 Å². The van der Waals surface area contributed by atoms with E-state index in [0.717, 1.165) is 5.69 Å². The van der Waals surface area contributed by atoms with E-state index in [4.69, 9.17) is 11.6 Å². The summed E-state index contributed by atoms with van der Waals surface area (Å²) in [4.78, 5) is 17.1. The molecule has 0 bridgehead atoms. The first kappa shape index (κ1) is 17.9. The Morgan fingerprint density at radius 3 is 2.64 bits per heavy atom. The number of halogens is 1. The molecule has 4 rings (SSSR count). The summed E-state index contributed by atoms with van der Waals surface area (Å²) in [5.74, 6) is 0.349. The topological polar surface area (TPSA) is 85.3 Å². The minimum Gasteiger partial charge on any atom is -0.493 e. The van der Waals surface area contributed by atoms with Crippen LogP contribution in [-0.2, 0) is 0 Å². The number of fused-ring (bicyclic) bond motifs is 1. The second-order valence-corrected chi connectivity index (χ2v) is 6.69. The molecule has 2 aromatic carbocycles. The largest absolute Gasteiger partial charge is 0.493 e. The summed E-state index contributed by atoms with van der Waals surface area (Å²) in [5.41, 5.74) is 1.92. The third kappa shape index (κ3) is 3.05. The van der Waals surface area contributed by atoms with Crippen LogP contribution in [0.3, 0.4) is 0 Å². The van der Waals surface area contributed by atoms with Gasteiger partial charge in [0.25, 0.3) is 5.56 Å². The molecule has 0 radical (unpaired) electrons. The van der Waals surface area contributed by atoms with Gasteiger partial charge in [-0.1, -0.05) is 29.8 Å². The lowest BCUT2D eigenvalue weighted by Gasteiger charge is -2.05. The van der Waals surface area contributed by atoms with Crippen LogP contribution in [0.2, 0.25) is 5.02 Å². The van der Waals surface area contributed by atoms with E-state index in [1.807, 2.05) is 30.3 Å². The molecule has 0 saturated heterocycles. The molecule has 0 aliphatic heterocycles. The van der Waals surface area contributed by atoms with Crippen LogP contribution < -0.4 is 5.56 Å². The molecular weight excluding hydrogens is 378 g/mol. The minimum atomic E-state index is -0.317. The molecule has 28 heavy (non-hydrogen) atoms. The summed E-state index contributed by atoms with van der Waals surface area (Å²) in [5, 5.41) is 20.1. The molecule has 0 fully saturated rings. The van der Waals surface area contributed by atoms with Crippen molar-refractivity contribution in [2.75, 3.05) is 0 Å². The monoisotopic (exact) mass is 393 g/mol. The molecular formula is C20H16ClN5O2. The minimum absolute atomic E-state index is 0.0568. The molecule has 7 nitrogen and oxygen atoms in total. The molecule has 1 N–H and O–H groups in total. The fourth-order valence-corrected chi connectivity index (χ4v) is 3.11. The molecule has 4 aromatic rings. The molecule has 0 spiro atoms. The number of hydrogen-bond donors (Lipinski definition) is 1. The Labute approximate surface area is 165 Å². The maximum absolute atomic E-state index is 12.8. The number of rotatable bonds is 3. The summed E-state index contributed by atoms with van der Waals surface area (Å²) in [6.07, 6.45) is 1.41. The number of aryl methyl sites for hydroxylation is 2. The van der Waals surface area contributed by atoms with Crippen LogP contribution in [0, 0.1) is 13.8 Å². The average Bonchev–Trinajstić information content (AvgIpc) is 2.96. The molecule has 8 heteroatoms. The van der Waals surface area contributed by atoms with Crippen LogP contribution in [0.1, 0.15) is 17.1 Å². The molecule has 0 aliphatic carbocycles. The Hall–Kier alpha value is -3.45. The highest BCUT2D eigenvalue weighted by atomic mass is 35.5. The number of aromatic nitrogens is 4. The highest BCUT2D eigenvalue weighted by Crippen LogP contribution is 2.23. The Bertz CT molecular complexity index is 1280. The first-order valence-electron chi connectivity index (χ1n) is 8.53. The van der Waals surface area contributed by atoms with E-state index in [1.54, 1.807) is 32.0 Å². The fraction of sp³-hybridized carbons (Fsp3) is 0.100. The second-order valence-electron chi connectivity index (χ2n) is 6.25. The van der Waals surface area contributed by atoms with Gasteiger partial charge in [0.05, 0.1) is 34.1 Å². The van der Waals surface area contributed by atoms with Crippen molar-refractivity contribution in [1.82, 2.24) is 19.4 Å². The lowest BCUT2D eigenvalue weighted by atomic mass is 10.2. The van der Waals surface area contributed by atoms with Crippen molar-refractivity contribution in [2.45, 2.75) is 13.8 Å². The number of benzene rings is 2. The SMILES string of the molecule is Cc1nn(-c2ccccc2)c(O)c1/C=N/n1c(C)nc2cc(Cl)ccc2c1=O. The number of nitrogens with zero attached hydrogens (tertiary/aromatic N) is 5. The van der Waals surface area contributed by atoms with Crippen molar-refractivity contribution in [3.05, 3.63) is 81.0 Å². The molecule has 0 amide bonds. The highest BCUT2D eigenvalue weighted by molar-refractivity contribution is 6.31. The van der Waals surface area contributed by atoms with E-state index in [-0.39, 0.29) is 11.4 Å². The predicted molar refractivity (Wildman–Crippen MR) is 109 cm³/mol. The smallest absolute Gasteiger partial charge is 0.282 e. The van der Waals surface area contributed by atoms with E-state index >= 15 is 0 Å². The van der Waals surface area contributed by atoms with Gasteiger partial charge in [-0.05, 0) is 44.2 Å².